The van der Waals surface area contributed by atoms with Crippen LogP contribution in [0.5, 0.6) is 0 Å². The van der Waals surface area contributed by atoms with Crippen LogP contribution < -0.4 is 10.6 Å². The summed E-state index contributed by atoms with van der Waals surface area (Å²) in [5.41, 5.74) is 6.13. The Bertz CT molecular complexity index is 921. The number of hydrogen-bond donors (Lipinski definition) is 2. The first-order valence-corrected chi connectivity index (χ1v) is 8.60. The lowest BCUT2D eigenvalue weighted by molar-refractivity contribution is -0.121. The Hall–Kier alpha value is -3.40. The molecule has 1 atom stereocenters. The lowest BCUT2D eigenvalue weighted by Gasteiger charge is -2.14. The maximum atomic E-state index is 12.5. The molecule has 138 valence electrons. The van der Waals surface area contributed by atoms with Crippen molar-refractivity contribution in [2.24, 2.45) is 15.9 Å². The third kappa shape index (κ3) is 4.23. The van der Waals surface area contributed by atoms with Crippen LogP contribution in [0.4, 0.5) is 5.69 Å². The molecule has 0 aliphatic carbocycles. The first kappa shape index (κ1) is 18.4. The molecular weight excluding hydrogens is 372 g/mol. The van der Waals surface area contributed by atoms with Crippen molar-refractivity contribution < 1.29 is 23.9 Å². The van der Waals surface area contributed by atoms with Crippen molar-refractivity contribution in [2.45, 2.75) is 11.7 Å². The molecule has 3 rings (SSSR count). The second kappa shape index (κ2) is 7.87. The number of imide groups is 1. The molecule has 1 aliphatic rings. The van der Waals surface area contributed by atoms with Crippen molar-refractivity contribution >= 4 is 46.6 Å². The van der Waals surface area contributed by atoms with Crippen LogP contribution in [0.1, 0.15) is 22.5 Å². The zero-order valence-corrected chi connectivity index (χ0v) is 14.6. The quantitative estimate of drug-likeness (QED) is 0.345. The monoisotopic (exact) mass is 386 g/mol. The number of benzene rings is 1. The first-order valence-electron chi connectivity index (χ1n) is 7.72. The summed E-state index contributed by atoms with van der Waals surface area (Å²) in [6, 6.07) is 8.88. The van der Waals surface area contributed by atoms with Gasteiger partial charge < -0.3 is 15.3 Å². The summed E-state index contributed by atoms with van der Waals surface area (Å²) < 4.78 is 5.06. The maximum Gasteiger partial charge on any atom is 0.335 e. The fourth-order valence-corrected chi connectivity index (χ4v) is 3.22. The van der Waals surface area contributed by atoms with E-state index >= 15 is 0 Å². The molecule has 2 amide bonds. The van der Waals surface area contributed by atoms with Crippen molar-refractivity contribution in [3.05, 3.63) is 54.0 Å². The number of thioether (sulfide) groups is 1. The topological polar surface area (TPSA) is 139 Å². The van der Waals surface area contributed by atoms with Crippen LogP contribution in [0.3, 0.4) is 0 Å². The van der Waals surface area contributed by atoms with Gasteiger partial charge in [-0.15, -0.1) is 5.10 Å². The third-order valence-corrected chi connectivity index (χ3v) is 4.60. The molecule has 1 aromatic heterocycles. The number of amides is 2. The summed E-state index contributed by atoms with van der Waals surface area (Å²) >= 11 is 0.940. The number of aromatic carboxylic acids is 1. The molecule has 10 heteroatoms. The molecule has 3 N–H and O–H groups in total. The molecule has 0 saturated carbocycles. The molecular formula is C17H14N4O5S. The van der Waals surface area contributed by atoms with E-state index in [2.05, 4.69) is 10.2 Å². The van der Waals surface area contributed by atoms with Gasteiger partial charge in [0.2, 0.25) is 11.8 Å². The van der Waals surface area contributed by atoms with Crippen LogP contribution in [-0.2, 0) is 9.59 Å². The van der Waals surface area contributed by atoms with Gasteiger partial charge in [0.05, 0.1) is 23.7 Å². The van der Waals surface area contributed by atoms with Crippen LogP contribution in [0.15, 0.2) is 57.3 Å². The number of carbonyl (C=O) groups excluding carboxylic acids is 2. The van der Waals surface area contributed by atoms with E-state index in [1.807, 2.05) is 0 Å². The summed E-state index contributed by atoms with van der Waals surface area (Å²) in [5, 5.41) is 15.8. The molecule has 2 aromatic rings. The number of carbonyl (C=O) groups is 3. The van der Waals surface area contributed by atoms with Crippen LogP contribution in [0.25, 0.3) is 0 Å². The molecule has 0 radical (unpaired) electrons. The summed E-state index contributed by atoms with van der Waals surface area (Å²) in [5.74, 6) is -1.43. The van der Waals surface area contributed by atoms with Gasteiger partial charge in [-0.2, -0.15) is 5.10 Å². The Morgan fingerprint density at radius 1 is 1.30 bits per heavy atom. The number of amidine groups is 1. The smallest absolute Gasteiger partial charge is 0.335 e. The Kier molecular flexibility index (Phi) is 5.36. The summed E-state index contributed by atoms with van der Waals surface area (Å²) in [4.78, 5) is 36.7. The molecule has 1 aliphatic heterocycles. The van der Waals surface area contributed by atoms with Crippen molar-refractivity contribution in [2.75, 3.05) is 4.90 Å². The van der Waals surface area contributed by atoms with Gasteiger partial charge in [0.1, 0.15) is 11.0 Å². The predicted octanol–water partition coefficient (Wildman–Crippen LogP) is 1.69. The van der Waals surface area contributed by atoms with Crippen molar-refractivity contribution in [3.63, 3.8) is 0 Å². The molecule has 9 nitrogen and oxygen atoms in total. The van der Waals surface area contributed by atoms with Crippen molar-refractivity contribution in [3.8, 4) is 0 Å². The van der Waals surface area contributed by atoms with E-state index in [1.54, 1.807) is 12.1 Å². The lowest BCUT2D eigenvalue weighted by atomic mass is 10.2. The van der Waals surface area contributed by atoms with E-state index in [0.29, 0.717) is 11.4 Å². The van der Waals surface area contributed by atoms with E-state index in [-0.39, 0.29) is 17.2 Å². The Labute approximate surface area is 157 Å². The normalized spacial score (nSPS) is 17.9. The van der Waals surface area contributed by atoms with Gasteiger partial charge in [0.15, 0.2) is 5.17 Å². The van der Waals surface area contributed by atoms with Gasteiger partial charge in [-0.25, -0.2) is 9.69 Å². The number of hydrogen-bond acceptors (Lipinski definition) is 7. The van der Waals surface area contributed by atoms with Crippen LogP contribution in [-0.4, -0.2) is 39.5 Å². The average molecular weight is 386 g/mol. The van der Waals surface area contributed by atoms with Gasteiger partial charge >= 0.3 is 5.97 Å². The number of anilines is 1. The highest BCUT2D eigenvalue weighted by molar-refractivity contribution is 8.14. The van der Waals surface area contributed by atoms with Gasteiger partial charge in [-0.05, 0) is 36.4 Å². The summed E-state index contributed by atoms with van der Waals surface area (Å²) in [7, 11) is 0. The number of furan rings is 1. The predicted molar refractivity (Wildman–Crippen MR) is 99.8 cm³/mol. The van der Waals surface area contributed by atoms with Gasteiger partial charge in [-0.3, -0.25) is 9.59 Å². The summed E-state index contributed by atoms with van der Waals surface area (Å²) in [6.07, 6.45) is 2.82. The summed E-state index contributed by atoms with van der Waals surface area (Å²) in [6.45, 7) is 0. The minimum Gasteiger partial charge on any atom is -0.478 e. The highest BCUT2D eigenvalue weighted by atomic mass is 32.2. The molecule has 2 heterocycles. The molecule has 1 aromatic carbocycles. The Morgan fingerprint density at radius 3 is 2.67 bits per heavy atom. The van der Waals surface area contributed by atoms with Gasteiger partial charge in [-0.1, -0.05) is 11.8 Å². The van der Waals surface area contributed by atoms with Crippen LogP contribution in [0.2, 0.25) is 0 Å². The SMILES string of the molecule is NC(=N/N=C\c1ccco1)S[C@@H]1CC(=O)N(c2ccc(C(=O)O)cc2)C1=O. The second-order valence-electron chi connectivity index (χ2n) is 5.43. The minimum atomic E-state index is -1.09. The van der Waals surface area contributed by atoms with E-state index in [0.717, 1.165) is 16.7 Å². The zero-order valence-electron chi connectivity index (χ0n) is 13.8. The molecule has 0 unspecified atom stereocenters. The number of carboxylic acid groups (broad SMARTS) is 1. The maximum absolute atomic E-state index is 12.5. The van der Waals surface area contributed by atoms with Crippen molar-refractivity contribution in [1.29, 1.82) is 0 Å². The molecule has 0 bridgehead atoms. The Morgan fingerprint density at radius 2 is 2.04 bits per heavy atom. The first-order chi connectivity index (χ1) is 13.0. The number of nitrogens with zero attached hydrogens (tertiary/aromatic N) is 3. The Balaban J connectivity index is 1.67. The number of carboxylic acids is 1. The molecule has 0 spiro atoms. The number of rotatable bonds is 5. The second-order valence-corrected chi connectivity index (χ2v) is 6.65. The largest absolute Gasteiger partial charge is 0.478 e. The van der Waals surface area contributed by atoms with Gasteiger partial charge in [0, 0.05) is 6.42 Å². The van der Waals surface area contributed by atoms with Gasteiger partial charge in [0.25, 0.3) is 0 Å². The van der Waals surface area contributed by atoms with E-state index < -0.39 is 23.0 Å². The van der Waals surface area contributed by atoms with Crippen LogP contribution >= 0.6 is 11.8 Å². The molecule has 1 saturated heterocycles. The average Bonchev–Trinajstić information content (AvgIpc) is 3.24. The van der Waals surface area contributed by atoms with E-state index in [1.165, 1.54) is 36.7 Å². The lowest BCUT2D eigenvalue weighted by Crippen LogP contribution is -2.31. The fraction of sp³-hybridized carbons (Fsp3) is 0.118. The fourth-order valence-electron chi connectivity index (χ4n) is 2.40. The highest BCUT2D eigenvalue weighted by Crippen LogP contribution is 2.29. The molecule has 27 heavy (non-hydrogen) atoms. The highest BCUT2D eigenvalue weighted by Gasteiger charge is 2.40. The number of nitrogens with two attached hydrogens (primary N) is 1. The van der Waals surface area contributed by atoms with E-state index in [9.17, 15) is 14.4 Å². The molecule has 1 fully saturated rings. The minimum absolute atomic E-state index is 0.0343. The van der Waals surface area contributed by atoms with Crippen molar-refractivity contribution in [1.82, 2.24) is 0 Å². The zero-order chi connectivity index (χ0) is 19.4. The third-order valence-electron chi connectivity index (χ3n) is 3.63. The standard InChI is InChI=1S/C17H14N4O5S/c18-17(20-19-9-12-2-1-7-26-12)27-13-8-14(22)21(15(13)23)11-5-3-10(4-6-11)16(24)25/h1-7,9,13H,8H2,(H2,18,20)(H,24,25)/b19-9-/t13-/m1/s1. The van der Waals surface area contributed by atoms with E-state index in [4.69, 9.17) is 15.3 Å². The van der Waals surface area contributed by atoms with Crippen LogP contribution in [0, 0.1) is 0 Å².